The van der Waals surface area contributed by atoms with Crippen LogP contribution in [0.4, 0.5) is 0 Å². The molecule has 0 aliphatic carbocycles. The minimum Gasteiger partial charge on any atom is -0.507 e. The fourth-order valence-corrected chi connectivity index (χ4v) is 7.84. The van der Waals surface area contributed by atoms with Crippen molar-refractivity contribution in [3.63, 3.8) is 0 Å². The van der Waals surface area contributed by atoms with Crippen LogP contribution in [0.2, 0.25) is 0 Å². The van der Waals surface area contributed by atoms with E-state index in [0.717, 1.165) is 61.5 Å². The van der Waals surface area contributed by atoms with E-state index in [9.17, 15) is 5.11 Å². The van der Waals surface area contributed by atoms with E-state index in [0.29, 0.717) is 11.3 Å². The number of para-hydroxylation sites is 2. The second-order valence-electron chi connectivity index (χ2n) is 17.1. The Morgan fingerprint density at radius 3 is 1.92 bits per heavy atom. The Balaban J connectivity index is 0.00000484. The molecular formula is C53H45N4OPt-. The summed E-state index contributed by atoms with van der Waals surface area (Å²) in [6.45, 7) is 13.6. The number of nitrogens with zero attached hydrogens (tertiary/aromatic N) is 4. The van der Waals surface area contributed by atoms with Crippen LogP contribution in [0, 0.1) is 6.07 Å². The molecule has 1 N–H and O–H groups in total. The molecule has 9 rings (SSSR count). The van der Waals surface area contributed by atoms with E-state index in [4.69, 9.17) is 9.97 Å². The number of aromatic nitrogens is 4. The number of phenolic OH excluding ortho intramolecular Hbond substituents is 1. The van der Waals surface area contributed by atoms with Crippen molar-refractivity contribution in [1.29, 1.82) is 0 Å². The van der Waals surface area contributed by atoms with Gasteiger partial charge in [0.2, 0.25) is 0 Å². The Bertz CT molecular complexity index is 2960. The van der Waals surface area contributed by atoms with E-state index >= 15 is 0 Å². The monoisotopic (exact) mass is 948 g/mol. The molecule has 9 aromatic rings. The molecule has 6 heteroatoms. The van der Waals surface area contributed by atoms with Crippen molar-refractivity contribution in [3.8, 4) is 67.5 Å². The van der Waals surface area contributed by atoms with E-state index in [-0.39, 0.29) is 37.6 Å². The van der Waals surface area contributed by atoms with Gasteiger partial charge in [-0.15, -0.1) is 24.3 Å². The molecule has 0 bridgehead atoms. The summed E-state index contributed by atoms with van der Waals surface area (Å²) in [5.41, 5.74) is 14.7. The normalized spacial score (nSPS) is 11.8. The smallest absolute Gasteiger partial charge is 0.124 e. The van der Waals surface area contributed by atoms with Crippen LogP contribution >= 0.6 is 0 Å². The molecule has 0 amide bonds. The van der Waals surface area contributed by atoms with Crippen LogP contribution in [0.25, 0.3) is 83.5 Å². The van der Waals surface area contributed by atoms with Gasteiger partial charge in [-0.2, -0.15) is 0 Å². The van der Waals surface area contributed by atoms with Gasteiger partial charge in [-0.3, -0.25) is 15.0 Å². The molecule has 0 saturated carbocycles. The van der Waals surface area contributed by atoms with Crippen LogP contribution in [0.15, 0.2) is 158 Å². The first-order valence-corrected chi connectivity index (χ1v) is 19.8. The van der Waals surface area contributed by atoms with Gasteiger partial charge in [0.1, 0.15) is 5.75 Å². The molecule has 0 fully saturated rings. The number of aromatic hydroxyl groups is 1. The summed E-state index contributed by atoms with van der Waals surface area (Å²) in [6, 6.07) is 51.9. The number of phenols is 1. The SMILES string of the molecule is CC(C)(C)c1cc(-c2cc(-c3[c-]c(-c4ncccc4-c4ccc5c(c4)c4ccccc4n5-c4ccncc4)ccc3)nc(-c3ccccc3O)c2)cc(C(C)(C)C)c1.[Pt]. The summed E-state index contributed by atoms with van der Waals surface area (Å²) in [4.78, 5) is 14.4. The first-order valence-electron chi connectivity index (χ1n) is 19.8. The largest absolute Gasteiger partial charge is 0.507 e. The maximum atomic E-state index is 11.0. The molecule has 0 spiro atoms. The predicted octanol–water partition coefficient (Wildman–Crippen LogP) is 13.4. The Labute approximate surface area is 360 Å². The third kappa shape index (κ3) is 7.64. The van der Waals surface area contributed by atoms with E-state index in [1.54, 1.807) is 6.07 Å². The van der Waals surface area contributed by atoms with Crippen LogP contribution in [0.5, 0.6) is 5.75 Å². The first kappa shape index (κ1) is 39.7. The van der Waals surface area contributed by atoms with Gasteiger partial charge in [0, 0.05) is 73.1 Å². The van der Waals surface area contributed by atoms with E-state index in [2.05, 4.69) is 154 Å². The van der Waals surface area contributed by atoms with Crippen LogP contribution in [-0.4, -0.2) is 24.6 Å². The van der Waals surface area contributed by atoms with Crippen LogP contribution in [0.1, 0.15) is 52.7 Å². The molecular weight excluding hydrogens is 904 g/mol. The van der Waals surface area contributed by atoms with Gasteiger partial charge in [0.25, 0.3) is 0 Å². The van der Waals surface area contributed by atoms with Gasteiger partial charge in [-0.25, -0.2) is 0 Å². The number of hydrogen-bond donors (Lipinski definition) is 1. The molecule has 59 heavy (non-hydrogen) atoms. The number of hydrogen-bond acceptors (Lipinski definition) is 4. The maximum absolute atomic E-state index is 11.0. The van der Waals surface area contributed by atoms with Gasteiger partial charge in [0.05, 0.1) is 16.7 Å². The third-order valence-corrected chi connectivity index (χ3v) is 11.0. The summed E-state index contributed by atoms with van der Waals surface area (Å²) < 4.78 is 2.30. The molecule has 0 saturated heterocycles. The predicted molar refractivity (Wildman–Crippen MR) is 239 cm³/mol. The molecule has 0 aliphatic heterocycles. The van der Waals surface area contributed by atoms with Crippen molar-refractivity contribution in [1.82, 2.24) is 19.5 Å². The summed E-state index contributed by atoms with van der Waals surface area (Å²) in [7, 11) is 0. The topological polar surface area (TPSA) is 63.8 Å². The van der Waals surface area contributed by atoms with E-state index in [1.165, 1.54) is 21.9 Å². The summed E-state index contributed by atoms with van der Waals surface area (Å²) in [5.74, 6) is 0.189. The molecule has 0 unspecified atom stereocenters. The zero-order valence-electron chi connectivity index (χ0n) is 34.1. The maximum Gasteiger partial charge on any atom is 0.124 e. The Morgan fingerprint density at radius 1 is 0.525 bits per heavy atom. The molecule has 0 aliphatic rings. The fourth-order valence-electron chi connectivity index (χ4n) is 7.84. The molecule has 4 aromatic heterocycles. The Kier molecular flexibility index (Phi) is 10.4. The van der Waals surface area contributed by atoms with Crippen molar-refractivity contribution in [3.05, 3.63) is 175 Å². The average Bonchev–Trinajstić information content (AvgIpc) is 3.57. The molecule has 0 atom stereocenters. The van der Waals surface area contributed by atoms with Crippen LogP contribution in [-0.2, 0) is 31.9 Å². The van der Waals surface area contributed by atoms with E-state index in [1.807, 2.05) is 55.0 Å². The van der Waals surface area contributed by atoms with Crippen molar-refractivity contribution in [2.24, 2.45) is 0 Å². The number of rotatable bonds is 6. The molecule has 5 aromatic carbocycles. The summed E-state index contributed by atoms with van der Waals surface area (Å²) in [5, 5.41) is 13.4. The van der Waals surface area contributed by atoms with E-state index < -0.39 is 0 Å². The zero-order valence-corrected chi connectivity index (χ0v) is 36.3. The van der Waals surface area contributed by atoms with Gasteiger partial charge in [-0.1, -0.05) is 119 Å². The van der Waals surface area contributed by atoms with Crippen molar-refractivity contribution >= 4 is 21.8 Å². The summed E-state index contributed by atoms with van der Waals surface area (Å²) >= 11 is 0. The molecule has 4 heterocycles. The van der Waals surface area contributed by atoms with Crippen molar-refractivity contribution < 1.29 is 26.2 Å². The minimum atomic E-state index is -0.0455. The Morgan fingerprint density at radius 2 is 1.17 bits per heavy atom. The van der Waals surface area contributed by atoms with Gasteiger partial charge >= 0.3 is 0 Å². The van der Waals surface area contributed by atoms with Crippen LogP contribution < -0.4 is 0 Å². The number of pyridine rings is 3. The number of benzene rings is 5. The average molecular weight is 949 g/mol. The second-order valence-corrected chi connectivity index (χ2v) is 17.1. The fraction of sp³-hybridized carbons (Fsp3) is 0.151. The second kappa shape index (κ2) is 15.5. The molecule has 294 valence electrons. The van der Waals surface area contributed by atoms with Gasteiger partial charge in [-0.05, 0) is 98.8 Å². The molecule has 0 radical (unpaired) electrons. The van der Waals surface area contributed by atoms with Gasteiger partial charge in [0.15, 0.2) is 0 Å². The van der Waals surface area contributed by atoms with Crippen molar-refractivity contribution in [2.45, 2.75) is 52.4 Å². The standard InChI is InChI=1S/C53H45N4O.Pt/c1-52(2,3)39-28-37(29-40(33-39)53(4,5)6)38-31-46(56-47(32-38)44-16-8-10-19-50(44)58)35-13-11-14-36(27-35)51-42(17-12-24-55-51)34-20-21-49-45(30-34)43-15-7-9-18-48(43)57(49)41-22-25-54-26-23-41;/h7-26,28-33,58H,1-6H3;/q-1;. The molecule has 5 nitrogen and oxygen atoms in total. The quantitative estimate of drug-likeness (QED) is 0.169. The minimum absolute atomic E-state index is 0. The summed E-state index contributed by atoms with van der Waals surface area (Å²) in [6.07, 6.45) is 5.52. The van der Waals surface area contributed by atoms with Gasteiger partial charge < -0.3 is 9.67 Å². The first-order chi connectivity index (χ1) is 27.9. The third-order valence-electron chi connectivity index (χ3n) is 11.0. The number of fused-ring (bicyclic) bond motifs is 3. The van der Waals surface area contributed by atoms with Crippen LogP contribution in [0.3, 0.4) is 0 Å². The Hall–Kier alpha value is -6.16. The van der Waals surface area contributed by atoms with Crippen molar-refractivity contribution in [2.75, 3.05) is 0 Å². The zero-order chi connectivity index (χ0) is 40.2.